The van der Waals surface area contributed by atoms with Crippen molar-refractivity contribution in [3.63, 3.8) is 0 Å². The molecule has 1 fully saturated rings. The van der Waals surface area contributed by atoms with Crippen LogP contribution in [0.1, 0.15) is 66.8 Å². The van der Waals surface area contributed by atoms with Crippen LogP contribution in [0, 0.1) is 6.92 Å². The molecular formula is C29H35N7O2. The van der Waals surface area contributed by atoms with Crippen LogP contribution in [0.5, 0.6) is 0 Å². The van der Waals surface area contributed by atoms with Crippen molar-refractivity contribution in [1.29, 1.82) is 0 Å². The Morgan fingerprint density at radius 1 is 1.03 bits per heavy atom. The molecule has 198 valence electrons. The summed E-state index contributed by atoms with van der Waals surface area (Å²) in [6, 6.07) is 13.6. The van der Waals surface area contributed by atoms with E-state index in [1.165, 1.54) is 5.56 Å². The highest BCUT2D eigenvalue weighted by molar-refractivity contribution is 5.93. The van der Waals surface area contributed by atoms with Gasteiger partial charge in [0.25, 0.3) is 5.91 Å². The van der Waals surface area contributed by atoms with Crippen LogP contribution < -0.4 is 10.6 Å². The Labute approximate surface area is 222 Å². The number of hydrogen-bond donors (Lipinski definition) is 2. The van der Waals surface area contributed by atoms with Gasteiger partial charge in [-0.05, 0) is 87.9 Å². The molecule has 1 saturated heterocycles. The van der Waals surface area contributed by atoms with Gasteiger partial charge < -0.3 is 19.9 Å². The molecule has 3 amide bonds. The van der Waals surface area contributed by atoms with Crippen LogP contribution in [0.2, 0.25) is 0 Å². The second kappa shape index (κ2) is 10.3. The Morgan fingerprint density at radius 2 is 1.76 bits per heavy atom. The number of aryl methyl sites for hydroxylation is 1. The van der Waals surface area contributed by atoms with Crippen molar-refractivity contribution in [2.75, 3.05) is 18.4 Å². The minimum absolute atomic E-state index is 0.0502. The van der Waals surface area contributed by atoms with E-state index in [0.29, 0.717) is 31.2 Å². The summed E-state index contributed by atoms with van der Waals surface area (Å²) in [4.78, 5) is 31.9. The Morgan fingerprint density at radius 3 is 2.47 bits per heavy atom. The van der Waals surface area contributed by atoms with Gasteiger partial charge in [0, 0.05) is 43.9 Å². The fourth-order valence-electron chi connectivity index (χ4n) is 5.00. The highest BCUT2D eigenvalue weighted by atomic mass is 16.2. The van der Waals surface area contributed by atoms with Crippen LogP contribution in [0.3, 0.4) is 0 Å². The van der Waals surface area contributed by atoms with Crippen molar-refractivity contribution >= 4 is 23.3 Å². The molecule has 1 aliphatic rings. The fraction of sp³-hybridized carbons (Fsp3) is 0.379. The molecule has 1 aromatic carbocycles. The average molecular weight is 514 g/mol. The Kier molecular flexibility index (Phi) is 6.93. The predicted molar refractivity (Wildman–Crippen MR) is 147 cm³/mol. The molecular weight excluding hydrogens is 478 g/mol. The number of carbonyl (C=O) groups is 2. The second-order valence-electron chi connectivity index (χ2n) is 11.0. The molecule has 38 heavy (non-hydrogen) atoms. The number of rotatable bonds is 5. The lowest BCUT2D eigenvalue weighted by molar-refractivity contribution is 0.0692. The van der Waals surface area contributed by atoms with E-state index in [-0.39, 0.29) is 17.5 Å². The van der Waals surface area contributed by atoms with Crippen molar-refractivity contribution in [3.05, 3.63) is 83.6 Å². The molecule has 3 aromatic heterocycles. The van der Waals surface area contributed by atoms with Crippen molar-refractivity contribution in [3.8, 4) is 0 Å². The fourth-order valence-corrected chi connectivity index (χ4v) is 5.00. The normalized spacial score (nSPS) is 14.6. The zero-order chi connectivity index (χ0) is 26.9. The molecule has 4 heterocycles. The number of fused-ring (bicyclic) bond motifs is 1. The van der Waals surface area contributed by atoms with Crippen LogP contribution in [0.25, 0.3) is 5.65 Å². The van der Waals surface area contributed by atoms with Crippen LogP contribution >= 0.6 is 0 Å². The van der Waals surface area contributed by atoms with Gasteiger partial charge in [-0.25, -0.2) is 9.78 Å². The highest BCUT2D eigenvalue weighted by Crippen LogP contribution is 2.30. The molecule has 9 nitrogen and oxygen atoms in total. The largest absolute Gasteiger partial charge is 0.337 e. The molecule has 1 aliphatic heterocycles. The molecule has 4 aromatic rings. The van der Waals surface area contributed by atoms with Crippen LogP contribution in [0.4, 0.5) is 10.5 Å². The monoisotopic (exact) mass is 513 g/mol. The van der Waals surface area contributed by atoms with E-state index >= 15 is 0 Å². The van der Waals surface area contributed by atoms with Gasteiger partial charge in [-0.2, -0.15) is 5.10 Å². The summed E-state index contributed by atoms with van der Waals surface area (Å²) >= 11 is 0. The first-order valence-electron chi connectivity index (χ1n) is 13.1. The van der Waals surface area contributed by atoms with Gasteiger partial charge in [0.2, 0.25) is 0 Å². The summed E-state index contributed by atoms with van der Waals surface area (Å²) in [6.07, 6.45) is 7.37. The Hall–Kier alpha value is -4.14. The lowest BCUT2D eigenvalue weighted by atomic mass is 9.89. The predicted octanol–water partition coefficient (Wildman–Crippen LogP) is 4.94. The lowest BCUT2D eigenvalue weighted by Crippen LogP contribution is -2.40. The van der Waals surface area contributed by atoms with E-state index in [4.69, 9.17) is 0 Å². The highest BCUT2D eigenvalue weighted by Gasteiger charge is 2.29. The maximum atomic E-state index is 13.3. The third kappa shape index (κ3) is 5.56. The zero-order valence-corrected chi connectivity index (χ0v) is 22.4. The first kappa shape index (κ1) is 25.5. The Balaban J connectivity index is 1.12. The zero-order valence-electron chi connectivity index (χ0n) is 22.4. The number of carbonyl (C=O) groups excluding carboxylic acids is 2. The summed E-state index contributed by atoms with van der Waals surface area (Å²) in [7, 11) is 0. The van der Waals surface area contributed by atoms with Crippen molar-refractivity contribution < 1.29 is 9.59 Å². The van der Waals surface area contributed by atoms with Crippen molar-refractivity contribution in [2.24, 2.45) is 0 Å². The van der Waals surface area contributed by atoms with Gasteiger partial charge >= 0.3 is 6.03 Å². The van der Waals surface area contributed by atoms with E-state index in [1.807, 2.05) is 63.6 Å². The number of aromatic nitrogens is 4. The number of nitrogens with one attached hydrogen (secondary N) is 2. The van der Waals surface area contributed by atoms with Crippen LogP contribution in [-0.2, 0) is 12.1 Å². The van der Waals surface area contributed by atoms with E-state index in [2.05, 4.69) is 53.6 Å². The first-order chi connectivity index (χ1) is 18.2. The van der Waals surface area contributed by atoms with E-state index in [9.17, 15) is 9.59 Å². The third-order valence-corrected chi connectivity index (χ3v) is 7.02. The topological polar surface area (TPSA) is 96.6 Å². The van der Waals surface area contributed by atoms with Gasteiger partial charge in [-0.3, -0.25) is 9.48 Å². The van der Waals surface area contributed by atoms with E-state index in [0.717, 1.165) is 35.4 Å². The third-order valence-electron chi connectivity index (χ3n) is 7.02. The van der Waals surface area contributed by atoms with Gasteiger partial charge in [0.1, 0.15) is 11.3 Å². The standard InChI is InChI=1S/C29H35N7O2/c1-20-17-25(36(33-20)29(2,3)4)27(37)35-14-10-23(11-15-35)22-5-7-24(8-6-22)32-28(38)31-19-21-9-13-34-16-12-30-26(34)18-21/h5-9,12-13,16-18,23H,10-11,14-15,19H2,1-4H3,(H2,31,32,38). The molecule has 5 rings (SSSR count). The molecule has 0 aliphatic carbocycles. The Bertz CT molecular complexity index is 1440. The smallest absolute Gasteiger partial charge is 0.319 e. The maximum Gasteiger partial charge on any atom is 0.319 e. The summed E-state index contributed by atoms with van der Waals surface area (Å²) in [5.74, 6) is 0.433. The number of benzene rings is 1. The molecule has 0 bridgehead atoms. The molecule has 0 radical (unpaired) electrons. The SMILES string of the molecule is Cc1cc(C(=O)N2CCC(c3ccc(NC(=O)NCc4ccn5ccnc5c4)cc3)CC2)n(C(C)(C)C)n1. The lowest BCUT2D eigenvalue weighted by Gasteiger charge is -2.33. The number of hydrogen-bond acceptors (Lipinski definition) is 4. The number of likely N-dealkylation sites (tertiary alicyclic amines) is 1. The van der Waals surface area contributed by atoms with Crippen molar-refractivity contribution in [1.82, 2.24) is 29.4 Å². The van der Waals surface area contributed by atoms with Gasteiger partial charge in [0.05, 0.1) is 11.2 Å². The number of piperidine rings is 1. The number of amides is 3. The maximum absolute atomic E-state index is 13.3. The second-order valence-corrected chi connectivity index (χ2v) is 11.0. The summed E-state index contributed by atoms with van der Waals surface area (Å²) in [5, 5.41) is 10.4. The molecule has 0 spiro atoms. The number of nitrogens with zero attached hydrogens (tertiary/aromatic N) is 5. The first-order valence-corrected chi connectivity index (χ1v) is 13.1. The van der Waals surface area contributed by atoms with Gasteiger partial charge in [-0.15, -0.1) is 0 Å². The minimum atomic E-state index is -0.252. The minimum Gasteiger partial charge on any atom is -0.337 e. The van der Waals surface area contributed by atoms with E-state index in [1.54, 1.807) is 6.20 Å². The number of imidazole rings is 1. The molecule has 9 heteroatoms. The molecule has 0 unspecified atom stereocenters. The average Bonchev–Trinajstić information content (AvgIpc) is 3.54. The number of pyridine rings is 1. The quantitative estimate of drug-likeness (QED) is 0.395. The van der Waals surface area contributed by atoms with Crippen LogP contribution in [0.15, 0.2) is 61.1 Å². The van der Waals surface area contributed by atoms with Gasteiger partial charge in [-0.1, -0.05) is 12.1 Å². The summed E-state index contributed by atoms with van der Waals surface area (Å²) in [6.45, 7) is 9.96. The summed E-state index contributed by atoms with van der Waals surface area (Å²) < 4.78 is 3.77. The molecule has 0 saturated carbocycles. The summed E-state index contributed by atoms with van der Waals surface area (Å²) in [5.41, 5.74) is 5.07. The molecule has 2 N–H and O–H groups in total. The van der Waals surface area contributed by atoms with Crippen LogP contribution in [-0.4, -0.2) is 49.1 Å². The number of urea groups is 1. The van der Waals surface area contributed by atoms with Gasteiger partial charge in [0.15, 0.2) is 0 Å². The van der Waals surface area contributed by atoms with E-state index < -0.39 is 0 Å². The molecule has 0 atom stereocenters. The van der Waals surface area contributed by atoms with Crippen molar-refractivity contribution in [2.45, 2.75) is 58.5 Å². The number of anilines is 1.